The van der Waals surface area contributed by atoms with Gasteiger partial charge in [0, 0.05) is 24.2 Å². The van der Waals surface area contributed by atoms with Crippen LogP contribution in [0.3, 0.4) is 0 Å². The fraction of sp³-hybridized carbons (Fsp3) is 0.500. The average molecular weight is 358 g/mol. The molecular weight excluding hydrogens is 332 g/mol. The number of aliphatic hydroxyl groups excluding tert-OH is 2. The van der Waals surface area contributed by atoms with E-state index in [-0.39, 0.29) is 18.6 Å². The lowest BCUT2D eigenvalue weighted by molar-refractivity contribution is -0.140. The third-order valence-electron chi connectivity index (χ3n) is 5.16. The number of likely N-dealkylation sites (N-methyl/N-ethyl adjacent to an activating group) is 1. The standard InChI is InChI=1S/C20H26N2O4/c1-12-6-4-7-14-17(10-13(2)21-19(12)14)26-11-18(24)22(3)15-8-5-9-16(23)20(15)25/h4,6-7,10,15-16,20,23,25H,5,8-9,11H2,1-3H3/t15-,16-,20-/m1/s1. The summed E-state index contributed by atoms with van der Waals surface area (Å²) in [6.45, 7) is 3.77. The molecule has 1 saturated carbocycles. The van der Waals surface area contributed by atoms with Crippen molar-refractivity contribution in [2.75, 3.05) is 13.7 Å². The molecule has 2 aromatic rings. The van der Waals surface area contributed by atoms with Crippen LogP contribution in [0.5, 0.6) is 5.75 Å². The summed E-state index contributed by atoms with van der Waals surface area (Å²) in [6, 6.07) is 7.31. The van der Waals surface area contributed by atoms with E-state index in [1.54, 1.807) is 7.05 Å². The number of hydrogen-bond acceptors (Lipinski definition) is 5. The molecule has 0 aliphatic heterocycles. The number of carbonyl (C=O) groups is 1. The van der Waals surface area contributed by atoms with E-state index < -0.39 is 12.2 Å². The Morgan fingerprint density at radius 2 is 2.08 bits per heavy atom. The van der Waals surface area contributed by atoms with Crippen LogP contribution in [-0.4, -0.2) is 57.9 Å². The van der Waals surface area contributed by atoms with Gasteiger partial charge in [-0.05, 0) is 44.7 Å². The molecule has 3 atom stereocenters. The van der Waals surface area contributed by atoms with Crippen molar-refractivity contribution in [2.24, 2.45) is 0 Å². The summed E-state index contributed by atoms with van der Waals surface area (Å²) in [6.07, 6.45) is 0.341. The van der Waals surface area contributed by atoms with Crippen LogP contribution in [0.1, 0.15) is 30.5 Å². The summed E-state index contributed by atoms with van der Waals surface area (Å²) in [7, 11) is 1.65. The van der Waals surface area contributed by atoms with Gasteiger partial charge in [-0.25, -0.2) is 0 Å². The maximum atomic E-state index is 12.5. The van der Waals surface area contributed by atoms with Crippen LogP contribution in [0.2, 0.25) is 0 Å². The number of rotatable bonds is 4. The third-order valence-corrected chi connectivity index (χ3v) is 5.16. The Labute approximate surface area is 153 Å². The number of pyridine rings is 1. The number of aromatic nitrogens is 1. The number of aryl methyl sites for hydroxylation is 2. The third kappa shape index (κ3) is 3.66. The summed E-state index contributed by atoms with van der Waals surface area (Å²) < 4.78 is 5.82. The second-order valence-corrected chi connectivity index (χ2v) is 7.08. The highest BCUT2D eigenvalue weighted by Crippen LogP contribution is 2.28. The van der Waals surface area contributed by atoms with Gasteiger partial charge in [-0.15, -0.1) is 0 Å². The minimum absolute atomic E-state index is 0.123. The lowest BCUT2D eigenvalue weighted by Crippen LogP contribution is -2.52. The van der Waals surface area contributed by atoms with E-state index in [1.807, 2.05) is 38.1 Å². The number of benzene rings is 1. The zero-order valence-corrected chi connectivity index (χ0v) is 15.5. The lowest BCUT2D eigenvalue weighted by atomic mass is 9.89. The summed E-state index contributed by atoms with van der Waals surface area (Å²) >= 11 is 0. The topological polar surface area (TPSA) is 82.9 Å². The first kappa shape index (κ1) is 18.6. The Morgan fingerprint density at radius 3 is 2.85 bits per heavy atom. The number of aliphatic hydroxyl groups is 2. The molecule has 26 heavy (non-hydrogen) atoms. The van der Waals surface area contributed by atoms with Gasteiger partial charge in [0.25, 0.3) is 5.91 Å². The van der Waals surface area contributed by atoms with Crippen LogP contribution in [0, 0.1) is 13.8 Å². The van der Waals surface area contributed by atoms with Crippen LogP contribution in [0.15, 0.2) is 24.3 Å². The molecule has 1 aromatic carbocycles. The van der Waals surface area contributed by atoms with E-state index in [4.69, 9.17) is 4.74 Å². The first-order valence-electron chi connectivity index (χ1n) is 9.00. The smallest absolute Gasteiger partial charge is 0.260 e. The number of carbonyl (C=O) groups excluding carboxylic acids is 1. The zero-order chi connectivity index (χ0) is 18.8. The number of fused-ring (bicyclic) bond motifs is 1. The molecule has 6 nitrogen and oxygen atoms in total. The predicted molar refractivity (Wildman–Crippen MR) is 99.1 cm³/mol. The van der Waals surface area contributed by atoms with E-state index >= 15 is 0 Å². The quantitative estimate of drug-likeness (QED) is 0.873. The molecule has 2 N–H and O–H groups in total. The average Bonchev–Trinajstić information content (AvgIpc) is 2.62. The second kappa shape index (κ2) is 7.60. The predicted octanol–water partition coefficient (Wildman–Crippen LogP) is 1.96. The fourth-order valence-electron chi connectivity index (χ4n) is 3.58. The maximum absolute atomic E-state index is 12.5. The Balaban J connectivity index is 1.73. The zero-order valence-electron chi connectivity index (χ0n) is 15.5. The molecule has 6 heteroatoms. The minimum atomic E-state index is -0.913. The number of ether oxygens (including phenoxy) is 1. The first-order valence-corrected chi connectivity index (χ1v) is 9.00. The van der Waals surface area contributed by atoms with Crippen molar-refractivity contribution in [2.45, 2.75) is 51.4 Å². The van der Waals surface area contributed by atoms with Gasteiger partial charge in [0.2, 0.25) is 0 Å². The Kier molecular flexibility index (Phi) is 5.44. The lowest BCUT2D eigenvalue weighted by Gasteiger charge is -2.37. The number of nitrogens with zero attached hydrogens (tertiary/aromatic N) is 2. The highest BCUT2D eigenvalue weighted by atomic mass is 16.5. The Hall–Kier alpha value is -2.18. The van der Waals surface area contributed by atoms with Crippen LogP contribution in [0.25, 0.3) is 10.9 Å². The Morgan fingerprint density at radius 1 is 1.31 bits per heavy atom. The monoisotopic (exact) mass is 358 g/mol. The molecule has 1 amide bonds. The van der Waals surface area contributed by atoms with E-state index in [0.717, 1.165) is 28.6 Å². The van der Waals surface area contributed by atoms with Gasteiger partial charge in [0.1, 0.15) is 11.9 Å². The van der Waals surface area contributed by atoms with E-state index in [0.29, 0.717) is 18.6 Å². The van der Waals surface area contributed by atoms with Crippen molar-refractivity contribution >= 4 is 16.8 Å². The van der Waals surface area contributed by atoms with Gasteiger partial charge in [-0.1, -0.05) is 12.1 Å². The second-order valence-electron chi connectivity index (χ2n) is 7.08. The van der Waals surface area contributed by atoms with Crippen molar-refractivity contribution < 1.29 is 19.7 Å². The van der Waals surface area contributed by atoms with Gasteiger partial charge >= 0.3 is 0 Å². The van der Waals surface area contributed by atoms with Gasteiger partial charge in [-0.2, -0.15) is 0 Å². The molecule has 0 unspecified atom stereocenters. The molecule has 1 aliphatic rings. The molecule has 1 aromatic heterocycles. The normalized spacial score (nSPS) is 23.0. The maximum Gasteiger partial charge on any atom is 0.260 e. The van der Waals surface area contributed by atoms with Gasteiger partial charge in [0.15, 0.2) is 6.61 Å². The number of amides is 1. The van der Waals surface area contributed by atoms with Crippen LogP contribution >= 0.6 is 0 Å². The molecule has 1 aliphatic carbocycles. The Bertz CT molecular complexity index is 808. The van der Waals surface area contributed by atoms with Crippen molar-refractivity contribution in [1.29, 1.82) is 0 Å². The van der Waals surface area contributed by atoms with Crippen LogP contribution < -0.4 is 4.74 Å². The largest absolute Gasteiger partial charge is 0.483 e. The van der Waals surface area contributed by atoms with Crippen molar-refractivity contribution in [3.05, 3.63) is 35.5 Å². The molecule has 1 fully saturated rings. The number of para-hydroxylation sites is 1. The van der Waals surface area contributed by atoms with Gasteiger partial charge in [0.05, 0.1) is 17.7 Å². The van der Waals surface area contributed by atoms with E-state index in [1.165, 1.54) is 4.90 Å². The van der Waals surface area contributed by atoms with E-state index in [2.05, 4.69) is 4.98 Å². The van der Waals surface area contributed by atoms with Crippen molar-refractivity contribution in [3.8, 4) is 5.75 Å². The molecule has 140 valence electrons. The molecule has 1 heterocycles. The van der Waals surface area contributed by atoms with Crippen molar-refractivity contribution in [1.82, 2.24) is 9.88 Å². The summed E-state index contributed by atoms with van der Waals surface area (Å²) in [5.74, 6) is 0.403. The summed E-state index contributed by atoms with van der Waals surface area (Å²) in [5, 5.41) is 20.9. The summed E-state index contributed by atoms with van der Waals surface area (Å²) in [4.78, 5) is 18.6. The van der Waals surface area contributed by atoms with Crippen LogP contribution in [0.4, 0.5) is 0 Å². The molecule has 0 saturated heterocycles. The first-order chi connectivity index (χ1) is 12.4. The molecule has 0 spiro atoms. The van der Waals surface area contributed by atoms with Gasteiger partial charge in [-0.3, -0.25) is 9.78 Å². The highest BCUT2D eigenvalue weighted by molar-refractivity contribution is 5.88. The summed E-state index contributed by atoms with van der Waals surface area (Å²) in [5.41, 5.74) is 2.75. The van der Waals surface area contributed by atoms with Crippen LogP contribution in [-0.2, 0) is 4.79 Å². The fourth-order valence-corrected chi connectivity index (χ4v) is 3.58. The highest BCUT2D eigenvalue weighted by Gasteiger charge is 2.35. The van der Waals surface area contributed by atoms with E-state index in [9.17, 15) is 15.0 Å². The SMILES string of the molecule is Cc1cc(OCC(=O)N(C)[C@@H]2CCC[C@@H](O)[C@@H]2O)c2cccc(C)c2n1. The van der Waals surface area contributed by atoms with Gasteiger partial charge < -0.3 is 19.8 Å². The molecule has 0 bridgehead atoms. The molecular formula is C20H26N2O4. The molecule has 3 rings (SSSR count). The van der Waals surface area contributed by atoms with Crippen molar-refractivity contribution in [3.63, 3.8) is 0 Å². The number of hydrogen-bond donors (Lipinski definition) is 2. The minimum Gasteiger partial charge on any atom is -0.483 e. The molecule has 0 radical (unpaired) electrons.